The molecule has 1 aromatic carbocycles. The molecule has 0 fully saturated rings. The molecule has 0 aliphatic rings. The predicted molar refractivity (Wildman–Crippen MR) is 87.4 cm³/mol. The van der Waals surface area contributed by atoms with E-state index in [1.54, 1.807) is 13.0 Å². The monoisotopic (exact) mass is 289 g/mol. The lowest BCUT2D eigenvalue weighted by Gasteiger charge is -2.30. The molecule has 0 aromatic heterocycles. The highest BCUT2D eigenvalue weighted by atomic mass is 16.3. The Kier molecular flexibility index (Phi) is 6.67. The lowest BCUT2D eigenvalue weighted by molar-refractivity contribution is 0.199. The van der Waals surface area contributed by atoms with Crippen molar-refractivity contribution >= 4 is 5.69 Å². The first kappa shape index (κ1) is 17.5. The highest BCUT2D eigenvalue weighted by molar-refractivity contribution is 5.58. The summed E-state index contributed by atoms with van der Waals surface area (Å²) in [6.07, 6.45) is -0.540. The average Bonchev–Trinajstić information content (AvgIpc) is 2.42. The quantitative estimate of drug-likeness (QED) is 0.838. The molecule has 4 heteroatoms. The van der Waals surface area contributed by atoms with E-state index in [4.69, 9.17) is 5.26 Å². The topological polar surface area (TPSA) is 50.5 Å². The number of aliphatic hydroxyl groups is 1. The lowest BCUT2D eigenvalue weighted by Crippen LogP contribution is -2.35. The molecule has 0 amide bonds. The number of hydrogen-bond donors (Lipinski definition) is 1. The van der Waals surface area contributed by atoms with Crippen LogP contribution in [0.25, 0.3) is 0 Å². The Bertz CT molecular complexity index is 489. The Balaban J connectivity index is 3.16. The van der Waals surface area contributed by atoms with E-state index in [1.165, 1.54) is 0 Å². The van der Waals surface area contributed by atoms with Crippen molar-refractivity contribution in [2.45, 2.75) is 26.9 Å². The first-order valence-corrected chi connectivity index (χ1v) is 7.47. The Hall–Kier alpha value is -1.57. The van der Waals surface area contributed by atoms with E-state index in [0.29, 0.717) is 11.5 Å². The molecule has 0 bridgehead atoms. The van der Waals surface area contributed by atoms with E-state index < -0.39 is 6.10 Å². The molecular weight excluding hydrogens is 262 g/mol. The van der Waals surface area contributed by atoms with Crippen LogP contribution in [0, 0.1) is 17.2 Å². The molecular formula is C17H27N3O. The number of likely N-dealkylation sites (N-methyl/N-ethyl adjacent to an activating group) is 1. The van der Waals surface area contributed by atoms with Gasteiger partial charge in [0.15, 0.2) is 0 Å². The molecule has 1 aromatic rings. The van der Waals surface area contributed by atoms with E-state index in [1.807, 2.05) is 12.1 Å². The number of anilines is 1. The molecule has 0 aliphatic heterocycles. The number of hydrogen-bond acceptors (Lipinski definition) is 4. The van der Waals surface area contributed by atoms with Crippen molar-refractivity contribution in [2.24, 2.45) is 5.92 Å². The van der Waals surface area contributed by atoms with Gasteiger partial charge in [-0.1, -0.05) is 19.9 Å². The van der Waals surface area contributed by atoms with Gasteiger partial charge in [-0.25, -0.2) is 0 Å². The van der Waals surface area contributed by atoms with Gasteiger partial charge in [-0.05, 0) is 39.1 Å². The van der Waals surface area contributed by atoms with Gasteiger partial charge < -0.3 is 14.9 Å². The van der Waals surface area contributed by atoms with Crippen LogP contribution in [-0.4, -0.2) is 43.7 Å². The fourth-order valence-electron chi connectivity index (χ4n) is 2.31. The van der Waals surface area contributed by atoms with Gasteiger partial charge in [0.05, 0.1) is 17.7 Å². The van der Waals surface area contributed by atoms with Crippen molar-refractivity contribution < 1.29 is 5.11 Å². The van der Waals surface area contributed by atoms with Crippen LogP contribution in [-0.2, 0) is 0 Å². The second-order valence-electron chi connectivity index (χ2n) is 6.20. The summed E-state index contributed by atoms with van der Waals surface area (Å²) in [4.78, 5) is 4.41. The fraction of sp³-hybridized carbons (Fsp3) is 0.588. The van der Waals surface area contributed by atoms with Crippen molar-refractivity contribution in [1.82, 2.24) is 4.90 Å². The molecule has 4 nitrogen and oxygen atoms in total. The first-order chi connectivity index (χ1) is 9.85. The van der Waals surface area contributed by atoms with Gasteiger partial charge in [-0.15, -0.1) is 0 Å². The zero-order valence-electron chi connectivity index (χ0n) is 13.8. The molecule has 1 N–H and O–H groups in total. The van der Waals surface area contributed by atoms with Crippen LogP contribution >= 0.6 is 0 Å². The van der Waals surface area contributed by atoms with Crippen LogP contribution in [0.3, 0.4) is 0 Å². The van der Waals surface area contributed by atoms with E-state index in [-0.39, 0.29) is 0 Å². The van der Waals surface area contributed by atoms with Crippen LogP contribution in [0.2, 0.25) is 0 Å². The Morgan fingerprint density at radius 3 is 2.33 bits per heavy atom. The molecule has 21 heavy (non-hydrogen) atoms. The summed E-state index contributed by atoms with van der Waals surface area (Å²) in [5.74, 6) is 0.514. The largest absolute Gasteiger partial charge is 0.389 e. The van der Waals surface area contributed by atoms with E-state index >= 15 is 0 Å². The number of rotatable bonds is 7. The second kappa shape index (κ2) is 8.02. The van der Waals surface area contributed by atoms with E-state index in [2.05, 4.69) is 43.8 Å². The van der Waals surface area contributed by atoms with Crippen LogP contribution in [0.15, 0.2) is 18.2 Å². The number of nitriles is 1. The SMILES string of the molecule is CC(C)CN(CCN(C)C)c1cc(C#N)ccc1[C@@H](C)O. The molecule has 0 aliphatic carbocycles. The van der Waals surface area contributed by atoms with E-state index in [9.17, 15) is 5.11 Å². The Labute approximate surface area is 128 Å². The molecule has 0 saturated carbocycles. The minimum atomic E-state index is -0.540. The first-order valence-electron chi connectivity index (χ1n) is 7.47. The second-order valence-corrected chi connectivity index (χ2v) is 6.20. The molecule has 0 radical (unpaired) electrons. The highest BCUT2D eigenvalue weighted by Gasteiger charge is 2.16. The standard InChI is InChI=1S/C17H27N3O/c1-13(2)12-20(9-8-19(4)5)17-10-15(11-18)6-7-16(17)14(3)21/h6-7,10,13-14,21H,8-9,12H2,1-5H3/t14-/m1/s1. The highest BCUT2D eigenvalue weighted by Crippen LogP contribution is 2.28. The van der Waals surface area contributed by atoms with Crippen molar-refractivity contribution in [2.75, 3.05) is 38.6 Å². The van der Waals surface area contributed by atoms with Crippen LogP contribution in [0.1, 0.15) is 38.0 Å². The summed E-state index contributed by atoms with van der Waals surface area (Å²) in [7, 11) is 4.10. The Morgan fingerprint density at radius 2 is 1.86 bits per heavy atom. The smallest absolute Gasteiger partial charge is 0.0992 e. The zero-order valence-corrected chi connectivity index (χ0v) is 13.8. The maximum absolute atomic E-state index is 10.0. The third kappa shape index (κ3) is 5.37. The fourth-order valence-corrected chi connectivity index (χ4v) is 2.31. The minimum absolute atomic E-state index is 0.514. The van der Waals surface area contributed by atoms with Crippen LogP contribution in [0.4, 0.5) is 5.69 Å². The van der Waals surface area contributed by atoms with Crippen molar-refractivity contribution in [3.8, 4) is 6.07 Å². The zero-order chi connectivity index (χ0) is 16.0. The minimum Gasteiger partial charge on any atom is -0.389 e. The van der Waals surface area contributed by atoms with Gasteiger partial charge in [0.25, 0.3) is 0 Å². The summed E-state index contributed by atoms with van der Waals surface area (Å²) in [6, 6.07) is 7.71. The van der Waals surface area contributed by atoms with Crippen molar-refractivity contribution in [3.05, 3.63) is 29.3 Å². The summed E-state index contributed by atoms with van der Waals surface area (Å²) in [5.41, 5.74) is 2.49. The van der Waals surface area contributed by atoms with Gasteiger partial charge in [-0.2, -0.15) is 5.26 Å². The predicted octanol–water partition coefficient (Wildman–Crippen LogP) is 2.64. The van der Waals surface area contributed by atoms with Crippen LogP contribution < -0.4 is 4.90 Å². The summed E-state index contributed by atoms with van der Waals surface area (Å²) in [6.45, 7) is 8.84. The molecule has 1 atom stereocenters. The summed E-state index contributed by atoms with van der Waals surface area (Å²) >= 11 is 0. The molecule has 0 unspecified atom stereocenters. The van der Waals surface area contributed by atoms with Gasteiger partial charge in [0.2, 0.25) is 0 Å². The van der Waals surface area contributed by atoms with Gasteiger partial charge >= 0.3 is 0 Å². The average molecular weight is 289 g/mol. The van der Waals surface area contributed by atoms with Crippen molar-refractivity contribution in [3.63, 3.8) is 0 Å². The van der Waals surface area contributed by atoms with Crippen LogP contribution in [0.5, 0.6) is 0 Å². The van der Waals surface area contributed by atoms with E-state index in [0.717, 1.165) is 30.9 Å². The number of benzene rings is 1. The molecule has 0 spiro atoms. The third-order valence-corrected chi connectivity index (χ3v) is 3.35. The molecule has 1 rings (SSSR count). The molecule has 116 valence electrons. The summed E-state index contributed by atoms with van der Waals surface area (Å²) < 4.78 is 0. The lowest BCUT2D eigenvalue weighted by atomic mass is 10.0. The van der Waals surface area contributed by atoms with Crippen molar-refractivity contribution in [1.29, 1.82) is 5.26 Å². The normalized spacial score (nSPS) is 12.5. The van der Waals surface area contributed by atoms with Gasteiger partial charge in [0.1, 0.15) is 0 Å². The Morgan fingerprint density at radius 1 is 1.19 bits per heavy atom. The molecule has 0 saturated heterocycles. The summed E-state index contributed by atoms with van der Waals surface area (Å²) in [5, 5.41) is 19.1. The third-order valence-electron chi connectivity index (χ3n) is 3.35. The maximum atomic E-state index is 10.0. The number of aliphatic hydroxyl groups excluding tert-OH is 1. The molecule has 0 heterocycles. The number of nitrogens with zero attached hydrogens (tertiary/aromatic N) is 3. The maximum Gasteiger partial charge on any atom is 0.0992 e. The van der Waals surface area contributed by atoms with Gasteiger partial charge in [-0.3, -0.25) is 0 Å². The van der Waals surface area contributed by atoms with Gasteiger partial charge in [0, 0.05) is 30.9 Å².